The maximum Gasteiger partial charge on any atom is 0.422 e. The number of aliphatic hydroxyl groups is 1. The van der Waals surface area contributed by atoms with Gasteiger partial charge in [-0.1, -0.05) is 20.8 Å². The van der Waals surface area contributed by atoms with Crippen molar-refractivity contribution < 1.29 is 27.8 Å². The van der Waals surface area contributed by atoms with Crippen LogP contribution in [0, 0.1) is 5.41 Å². The quantitative estimate of drug-likeness (QED) is 0.735. The van der Waals surface area contributed by atoms with E-state index in [-0.39, 0.29) is 24.4 Å². The van der Waals surface area contributed by atoms with Crippen LogP contribution in [0.1, 0.15) is 26.3 Å². The van der Waals surface area contributed by atoms with Crippen LogP contribution in [0.2, 0.25) is 0 Å². The number of hydrogen-bond donors (Lipinski definition) is 3. The lowest BCUT2D eigenvalue weighted by atomic mass is 9.89. The largest absolute Gasteiger partial charge is 0.468 e. The van der Waals surface area contributed by atoms with Gasteiger partial charge in [0.25, 0.3) is 0 Å². The van der Waals surface area contributed by atoms with Gasteiger partial charge < -0.3 is 20.5 Å². The number of urea groups is 1. The van der Waals surface area contributed by atoms with Gasteiger partial charge in [0.15, 0.2) is 6.61 Å². The van der Waals surface area contributed by atoms with Crippen LogP contribution in [0.15, 0.2) is 18.3 Å². The minimum atomic E-state index is -4.44. The summed E-state index contributed by atoms with van der Waals surface area (Å²) in [6.45, 7) is 4.28. The van der Waals surface area contributed by atoms with E-state index in [0.717, 1.165) is 0 Å². The van der Waals surface area contributed by atoms with E-state index >= 15 is 0 Å². The Balaban J connectivity index is 2.43. The molecule has 0 aliphatic rings. The van der Waals surface area contributed by atoms with Gasteiger partial charge in [-0.05, 0) is 17.0 Å². The minimum absolute atomic E-state index is 0.0857. The van der Waals surface area contributed by atoms with Crippen molar-refractivity contribution in [3.63, 3.8) is 0 Å². The fourth-order valence-electron chi connectivity index (χ4n) is 1.54. The molecule has 0 aliphatic carbocycles. The summed E-state index contributed by atoms with van der Waals surface area (Å²) in [7, 11) is 0. The number of carbonyl (C=O) groups is 1. The van der Waals surface area contributed by atoms with Crippen LogP contribution in [0.3, 0.4) is 0 Å². The first-order valence-corrected chi connectivity index (χ1v) is 7.31. The average Bonchev–Trinajstić information content (AvgIpc) is 2.47. The predicted molar refractivity (Wildman–Crippen MR) is 81.5 cm³/mol. The second kappa shape index (κ2) is 8.18. The number of nitrogens with one attached hydrogen (secondary N) is 2. The van der Waals surface area contributed by atoms with Crippen molar-refractivity contribution in [3.8, 4) is 5.88 Å². The molecule has 1 aromatic heterocycles. The van der Waals surface area contributed by atoms with Gasteiger partial charge in [-0.15, -0.1) is 0 Å². The van der Waals surface area contributed by atoms with Crippen molar-refractivity contribution in [2.24, 2.45) is 5.41 Å². The molecule has 1 rings (SSSR count). The van der Waals surface area contributed by atoms with E-state index in [1.807, 2.05) is 20.8 Å². The highest BCUT2D eigenvalue weighted by Gasteiger charge is 2.28. The molecule has 0 radical (unpaired) electrons. The molecule has 1 heterocycles. The summed E-state index contributed by atoms with van der Waals surface area (Å²) in [5.74, 6) is -0.171. The number of carbonyl (C=O) groups excluding carboxylic acids is 1. The van der Waals surface area contributed by atoms with Gasteiger partial charge in [-0.3, -0.25) is 0 Å². The monoisotopic (exact) mass is 349 g/mol. The van der Waals surface area contributed by atoms with Crippen LogP contribution in [0.5, 0.6) is 5.88 Å². The second-order valence-corrected chi connectivity index (χ2v) is 6.35. The van der Waals surface area contributed by atoms with E-state index in [1.165, 1.54) is 12.3 Å². The third kappa shape index (κ3) is 8.00. The lowest BCUT2D eigenvalue weighted by Gasteiger charge is -2.25. The van der Waals surface area contributed by atoms with Crippen LogP contribution in [0.25, 0.3) is 0 Å². The molecule has 0 aliphatic heterocycles. The summed E-state index contributed by atoms with van der Waals surface area (Å²) < 4.78 is 40.8. The number of alkyl halides is 3. The Morgan fingerprint density at radius 2 is 2.00 bits per heavy atom. The first-order valence-electron chi connectivity index (χ1n) is 7.31. The molecular formula is C15H22F3N3O3. The Morgan fingerprint density at radius 1 is 1.33 bits per heavy atom. The van der Waals surface area contributed by atoms with Gasteiger partial charge in [0.1, 0.15) is 0 Å². The summed E-state index contributed by atoms with van der Waals surface area (Å²) in [6, 6.07) is 2.37. The van der Waals surface area contributed by atoms with Crippen molar-refractivity contribution in [1.29, 1.82) is 0 Å². The molecule has 0 spiro atoms. The summed E-state index contributed by atoms with van der Waals surface area (Å²) in [6.07, 6.45) is -3.85. The summed E-state index contributed by atoms with van der Waals surface area (Å²) >= 11 is 0. The van der Waals surface area contributed by atoms with Gasteiger partial charge in [-0.25, -0.2) is 9.78 Å². The minimum Gasteiger partial charge on any atom is -0.468 e. The van der Waals surface area contributed by atoms with Crippen molar-refractivity contribution >= 4 is 6.03 Å². The zero-order valence-corrected chi connectivity index (χ0v) is 13.8. The van der Waals surface area contributed by atoms with Crippen LogP contribution in [-0.4, -0.2) is 41.6 Å². The molecule has 3 N–H and O–H groups in total. The molecule has 0 saturated carbocycles. The summed E-state index contributed by atoms with van der Waals surface area (Å²) in [4.78, 5) is 15.3. The zero-order valence-electron chi connectivity index (χ0n) is 13.8. The Kier molecular flexibility index (Phi) is 6.82. The molecule has 0 fully saturated rings. The molecule has 1 aromatic rings. The van der Waals surface area contributed by atoms with E-state index < -0.39 is 24.9 Å². The van der Waals surface area contributed by atoms with Crippen molar-refractivity contribution in [2.45, 2.75) is 39.6 Å². The molecule has 0 saturated heterocycles. The summed E-state index contributed by atoms with van der Waals surface area (Å²) in [5, 5.41) is 14.9. The number of nitrogens with zero attached hydrogens (tertiary/aromatic N) is 1. The van der Waals surface area contributed by atoms with E-state index in [0.29, 0.717) is 5.56 Å². The highest BCUT2D eigenvalue weighted by molar-refractivity contribution is 5.73. The molecule has 6 nitrogen and oxygen atoms in total. The standard InChI is InChI=1S/C15H22F3N3O3/c1-14(2,3)11(22)8-21-13(23)20-7-10-4-5-19-12(6-10)24-9-15(16,17)18/h4-6,11,22H,7-9H2,1-3H3,(H2,20,21,23). The number of aliphatic hydroxyl groups excluding tert-OH is 1. The Hall–Kier alpha value is -2.03. The van der Waals surface area contributed by atoms with Gasteiger partial charge in [0.05, 0.1) is 6.10 Å². The molecule has 0 bridgehead atoms. The van der Waals surface area contributed by atoms with Gasteiger partial charge >= 0.3 is 12.2 Å². The molecule has 0 aromatic carbocycles. The maximum atomic E-state index is 12.1. The highest BCUT2D eigenvalue weighted by atomic mass is 19.4. The molecule has 1 unspecified atom stereocenters. The fourth-order valence-corrected chi connectivity index (χ4v) is 1.54. The van der Waals surface area contributed by atoms with E-state index in [4.69, 9.17) is 0 Å². The highest BCUT2D eigenvalue weighted by Crippen LogP contribution is 2.18. The van der Waals surface area contributed by atoms with Crippen LogP contribution in [0.4, 0.5) is 18.0 Å². The third-order valence-corrected chi connectivity index (χ3v) is 3.09. The number of pyridine rings is 1. The topological polar surface area (TPSA) is 83.5 Å². The van der Waals surface area contributed by atoms with Gasteiger partial charge in [0, 0.05) is 25.4 Å². The van der Waals surface area contributed by atoms with Crippen molar-refractivity contribution in [3.05, 3.63) is 23.9 Å². The number of rotatable bonds is 6. The molecule has 24 heavy (non-hydrogen) atoms. The predicted octanol–water partition coefficient (Wildman–Crippen LogP) is 2.23. The maximum absolute atomic E-state index is 12.1. The molecule has 9 heteroatoms. The summed E-state index contributed by atoms with van der Waals surface area (Å²) in [5.41, 5.74) is 0.178. The Morgan fingerprint density at radius 3 is 2.58 bits per heavy atom. The van der Waals surface area contributed by atoms with Crippen LogP contribution in [-0.2, 0) is 6.54 Å². The number of amides is 2. The first kappa shape index (κ1) is 20.0. The van der Waals surface area contributed by atoms with Gasteiger partial charge in [0.2, 0.25) is 5.88 Å². The number of ether oxygens (including phenoxy) is 1. The van der Waals surface area contributed by atoms with E-state index in [1.54, 1.807) is 6.07 Å². The molecule has 2 amide bonds. The Labute approximate surface area is 138 Å². The molecular weight excluding hydrogens is 327 g/mol. The van der Waals surface area contributed by atoms with E-state index in [2.05, 4.69) is 20.4 Å². The second-order valence-electron chi connectivity index (χ2n) is 6.35. The lowest BCUT2D eigenvalue weighted by molar-refractivity contribution is -0.154. The van der Waals surface area contributed by atoms with Crippen LogP contribution >= 0.6 is 0 Å². The fraction of sp³-hybridized carbons (Fsp3) is 0.600. The lowest BCUT2D eigenvalue weighted by Crippen LogP contribution is -2.43. The normalized spacial score (nSPS) is 13.3. The van der Waals surface area contributed by atoms with E-state index in [9.17, 15) is 23.1 Å². The number of hydrogen-bond acceptors (Lipinski definition) is 4. The SMILES string of the molecule is CC(C)(C)C(O)CNC(=O)NCc1ccnc(OCC(F)(F)F)c1. The van der Waals surface area contributed by atoms with Crippen molar-refractivity contribution in [2.75, 3.05) is 13.2 Å². The smallest absolute Gasteiger partial charge is 0.422 e. The Bertz CT molecular complexity index is 545. The third-order valence-electron chi connectivity index (χ3n) is 3.09. The van der Waals surface area contributed by atoms with Gasteiger partial charge in [-0.2, -0.15) is 13.2 Å². The molecule has 1 atom stereocenters. The first-order chi connectivity index (χ1) is 11.0. The zero-order chi connectivity index (χ0) is 18.4. The van der Waals surface area contributed by atoms with Crippen LogP contribution < -0.4 is 15.4 Å². The average molecular weight is 349 g/mol. The van der Waals surface area contributed by atoms with Crippen molar-refractivity contribution in [1.82, 2.24) is 15.6 Å². The number of halogens is 3. The molecule has 136 valence electrons. The number of aromatic nitrogens is 1.